The van der Waals surface area contributed by atoms with Crippen LogP contribution in [0, 0.1) is 0 Å². The summed E-state index contributed by atoms with van der Waals surface area (Å²) in [5.74, 6) is 0.436. The van der Waals surface area contributed by atoms with Gasteiger partial charge in [-0.3, -0.25) is 14.5 Å². The summed E-state index contributed by atoms with van der Waals surface area (Å²) in [5, 5.41) is 0. The van der Waals surface area contributed by atoms with Crippen molar-refractivity contribution >= 4 is 17.5 Å². The smallest absolute Gasteiger partial charge is 0.265 e. The second-order valence-corrected chi connectivity index (χ2v) is 6.77. The molecule has 0 saturated carbocycles. The van der Waals surface area contributed by atoms with Crippen LogP contribution in [0.1, 0.15) is 40.2 Å². The molecule has 1 aliphatic rings. The minimum Gasteiger partial charge on any atom is -0.482 e. The summed E-state index contributed by atoms with van der Waals surface area (Å²) in [5.41, 5.74) is 1.76. The van der Waals surface area contributed by atoms with Crippen LogP contribution < -0.4 is 9.64 Å². The van der Waals surface area contributed by atoms with Crippen LogP contribution in [0.3, 0.4) is 0 Å². The molecule has 0 bridgehead atoms. The number of anilines is 1. The summed E-state index contributed by atoms with van der Waals surface area (Å²) in [4.78, 5) is 28.0. The molecule has 0 radical (unpaired) electrons. The van der Waals surface area contributed by atoms with Gasteiger partial charge in [0.15, 0.2) is 6.61 Å². The summed E-state index contributed by atoms with van der Waals surface area (Å²) >= 11 is 0. The predicted octanol–water partition coefficient (Wildman–Crippen LogP) is 2.58. The Bertz CT molecular complexity index is 601. The number of carbonyl (C=O) groups excluding carboxylic acids is 2. The number of nitrogens with zero attached hydrogens (tertiary/aromatic N) is 2. The number of amides is 2. The molecule has 0 saturated heterocycles. The third-order valence-corrected chi connectivity index (χ3v) is 4.18. The van der Waals surface area contributed by atoms with Crippen LogP contribution in [0.15, 0.2) is 18.2 Å². The third kappa shape index (κ3) is 3.66. The average Bonchev–Trinajstić information content (AvgIpc) is 2.50. The van der Waals surface area contributed by atoms with Crippen molar-refractivity contribution in [2.45, 2.75) is 40.0 Å². The highest BCUT2D eigenvalue weighted by Gasteiger charge is 2.29. The lowest BCUT2D eigenvalue weighted by molar-refractivity contribution is -0.131. The fourth-order valence-electron chi connectivity index (χ4n) is 2.65. The van der Waals surface area contributed by atoms with Gasteiger partial charge in [0.2, 0.25) is 5.91 Å². The fraction of sp³-hybridized carbons (Fsp3) is 0.556. The predicted molar refractivity (Wildman–Crippen MR) is 90.9 cm³/mol. The molecule has 0 fully saturated rings. The highest BCUT2D eigenvalue weighted by molar-refractivity contribution is 6.02. The molecule has 0 atom stereocenters. The second kappa shape index (κ2) is 6.60. The summed E-state index contributed by atoms with van der Waals surface area (Å²) < 4.78 is 5.51. The van der Waals surface area contributed by atoms with E-state index in [1.54, 1.807) is 9.80 Å². The zero-order valence-electron chi connectivity index (χ0n) is 14.7. The van der Waals surface area contributed by atoms with Crippen molar-refractivity contribution in [3.05, 3.63) is 23.8 Å². The van der Waals surface area contributed by atoms with Crippen LogP contribution in [-0.4, -0.2) is 43.0 Å². The van der Waals surface area contributed by atoms with E-state index in [-0.39, 0.29) is 30.4 Å². The summed E-state index contributed by atoms with van der Waals surface area (Å²) in [6.07, 6.45) is 0. The zero-order valence-corrected chi connectivity index (χ0v) is 14.7. The van der Waals surface area contributed by atoms with E-state index in [4.69, 9.17) is 4.74 Å². The summed E-state index contributed by atoms with van der Waals surface area (Å²) in [6, 6.07) is 5.86. The number of benzene rings is 1. The Balaban J connectivity index is 2.35. The van der Waals surface area contributed by atoms with Gasteiger partial charge in [-0.25, -0.2) is 0 Å². The first-order chi connectivity index (χ1) is 10.8. The third-order valence-electron chi connectivity index (χ3n) is 4.18. The molecule has 0 spiro atoms. The maximum Gasteiger partial charge on any atom is 0.265 e. The van der Waals surface area contributed by atoms with Crippen LogP contribution in [0.25, 0.3) is 0 Å². The highest BCUT2D eigenvalue weighted by atomic mass is 16.5. The van der Waals surface area contributed by atoms with Gasteiger partial charge in [-0.1, -0.05) is 26.8 Å². The average molecular weight is 318 g/mol. The highest BCUT2D eigenvalue weighted by Crippen LogP contribution is 2.36. The Morgan fingerprint density at radius 2 is 1.91 bits per heavy atom. The van der Waals surface area contributed by atoms with Gasteiger partial charge in [-0.15, -0.1) is 0 Å². The number of carbonyl (C=O) groups is 2. The van der Waals surface area contributed by atoms with Gasteiger partial charge in [-0.2, -0.15) is 0 Å². The number of rotatable bonds is 4. The number of fused-ring (bicyclic) bond motifs is 1. The van der Waals surface area contributed by atoms with E-state index in [2.05, 4.69) is 20.8 Å². The SMILES string of the molecule is CCN(CC)C(=O)CN1C(=O)COc2ccc(C(C)(C)C)cc21. The van der Waals surface area contributed by atoms with Crippen molar-refractivity contribution < 1.29 is 14.3 Å². The molecule has 0 aromatic heterocycles. The summed E-state index contributed by atoms with van der Waals surface area (Å²) in [7, 11) is 0. The number of hydrogen-bond acceptors (Lipinski definition) is 3. The van der Waals surface area contributed by atoms with Gasteiger partial charge in [0.25, 0.3) is 5.91 Å². The monoisotopic (exact) mass is 318 g/mol. The zero-order chi connectivity index (χ0) is 17.2. The number of hydrogen-bond donors (Lipinski definition) is 0. The first kappa shape index (κ1) is 17.3. The minimum absolute atomic E-state index is 0.0204. The van der Waals surface area contributed by atoms with Crippen LogP contribution in [-0.2, 0) is 15.0 Å². The van der Waals surface area contributed by atoms with E-state index in [9.17, 15) is 9.59 Å². The van der Waals surface area contributed by atoms with Gasteiger partial charge in [-0.05, 0) is 37.0 Å². The van der Waals surface area contributed by atoms with Crippen molar-refractivity contribution in [2.75, 3.05) is 31.1 Å². The Hall–Kier alpha value is -2.04. The fourth-order valence-corrected chi connectivity index (χ4v) is 2.65. The molecule has 1 heterocycles. The minimum atomic E-state index is -0.177. The molecule has 1 aromatic rings. The van der Waals surface area contributed by atoms with Gasteiger partial charge >= 0.3 is 0 Å². The van der Waals surface area contributed by atoms with Gasteiger partial charge < -0.3 is 9.64 Å². The van der Waals surface area contributed by atoms with Crippen LogP contribution in [0.4, 0.5) is 5.69 Å². The van der Waals surface area contributed by atoms with E-state index < -0.39 is 0 Å². The van der Waals surface area contributed by atoms with E-state index in [1.165, 1.54) is 0 Å². The van der Waals surface area contributed by atoms with Crippen molar-refractivity contribution in [3.8, 4) is 5.75 Å². The number of likely N-dealkylation sites (N-methyl/N-ethyl adjacent to an activating group) is 1. The van der Waals surface area contributed by atoms with Crippen molar-refractivity contribution in [2.24, 2.45) is 0 Å². The number of ether oxygens (including phenoxy) is 1. The summed E-state index contributed by atoms with van der Waals surface area (Å²) in [6.45, 7) is 11.6. The van der Waals surface area contributed by atoms with Crippen molar-refractivity contribution in [3.63, 3.8) is 0 Å². The molecule has 0 N–H and O–H groups in total. The lowest BCUT2D eigenvalue weighted by atomic mass is 9.86. The van der Waals surface area contributed by atoms with E-state index >= 15 is 0 Å². The molecular weight excluding hydrogens is 292 g/mol. The Labute approximate surface area is 138 Å². The lowest BCUT2D eigenvalue weighted by Gasteiger charge is -2.32. The van der Waals surface area contributed by atoms with Gasteiger partial charge in [0, 0.05) is 13.1 Å². The second-order valence-electron chi connectivity index (χ2n) is 6.77. The van der Waals surface area contributed by atoms with Crippen LogP contribution in [0.2, 0.25) is 0 Å². The molecule has 5 nitrogen and oxygen atoms in total. The molecule has 126 valence electrons. The molecular formula is C18H26N2O3. The normalized spacial score (nSPS) is 14.3. The molecule has 2 rings (SSSR count). The molecule has 2 amide bonds. The van der Waals surface area contributed by atoms with Crippen LogP contribution in [0.5, 0.6) is 5.75 Å². The van der Waals surface area contributed by atoms with Crippen molar-refractivity contribution in [1.82, 2.24) is 4.90 Å². The standard InChI is InChI=1S/C18H26N2O3/c1-6-19(7-2)16(21)11-20-14-10-13(18(3,4)5)8-9-15(14)23-12-17(20)22/h8-10H,6-7,11-12H2,1-5H3. The first-order valence-electron chi connectivity index (χ1n) is 8.13. The maximum absolute atomic E-state index is 12.4. The topological polar surface area (TPSA) is 49.9 Å². The van der Waals surface area contributed by atoms with E-state index in [0.29, 0.717) is 24.5 Å². The van der Waals surface area contributed by atoms with Crippen molar-refractivity contribution in [1.29, 1.82) is 0 Å². The largest absolute Gasteiger partial charge is 0.482 e. The Kier molecular flexibility index (Phi) is 4.97. The Morgan fingerprint density at radius 1 is 1.26 bits per heavy atom. The van der Waals surface area contributed by atoms with E-state index in [0.717, 1.165) is 5.56 Å². The van der Waals surface area contributed by atoms with Gasteiger partial charge in [0.1, 0.15) is 12.3 Å². The molecule has 1 aliphatic heterocycles. The first-order valence-corrected chi connectivity index (χ1v) is 8.13. The molecule has 5 heteroatoms. The molecule has 1 aromatic carbocycles. The van der Waals surface area contributed by atoms with Crippen LogP contribution >= 0.6 is 0 Å². The quantitative estimate of drug-likeness (QED) is 0.857. The molecule has 0 aliphatic carbocycles. The van der Waals surface area contributed by atoms with E-state index in [1.807, 2.05) is 32.0 Å². The maximum atomic E-state index is 12.4. The molecule has 0 unspecified atom stereocenters. The lowest BCUT2D eigenvalue weighted by Crippen LogP contribution is -2.46. The molecule has 23 heavy (non-hydrogen) atoms. The Morgan fingerprint density at radius 3 is 2.48 bits per heavy atom. The van der Waals surface area contributed by atoms with Gasteiger partial charge in [0.05, 0.1) is 5.69 Å².